The lowest BCUT2D eigenvalue weighted by atomic mass is 10.3. The molecular formula is C10H10BrFO. The minimum Gasteiger partial charge on any atom is -0.430 e. The van der Waals surface area contributed by atoms with E-state index in [1.807, 2.05) is 19.9 Å². The van der Waals surface area contributed by atoms with Crippen molar-refractivity contribution in [3.63, 3.8) is 0 Å². The van der Waals surface area contributed by atoms with E-state index in [0.717, 1.165) is 5.57 Å². The predicted molar refractivity (Wildman–Crippen MR) is 55.2 cm³/mol. The van der Waals surface area contributed by atoms with Gasteiger partial charge in [0.15, 0.2) is 5.42 Å². The van der Waals surface area contributed by atoms with Crippen LogP contribution in [0.5, 0.6) is 0 Å². The maximum absolute atomic E-state index is 12.6. The molecule has 1 heterocycles. The van der Waals surface area contributed by atoms with Crippen molar-refractivity contribution in [3.8, 4) is 0 Å². The number of allylic oxidation sites excluding steroid dienone is 2. The molecular weight excluding hydrogens is 235 g/mol. The van der Waals surface area contributed by atoms with Gasteiger partial charge in [0, 0.05) is 11.3 Å². The van der Waals surface area contributed by atoms with Crippen molar-refractivity contribution < 1.29 is 8.81 Å². The summed E-state index contributed by atoms with van der Waals surface area (Å²) in [5, 5.41) is 0.543. The highest BCUT2D eigenvalue weighted by molar-refractivity contribution is 9.15. The third kappa shape index (κ3) is 2.56. The highest BCUT2D eigenvalue weighted by Crippen LogP contribution is 2.08. The van der Waals surface area contributed by atoms with Crippen LogP contribution in [0.2, 0.25) is 0 Å². The molecule has 70 valence electrons. The first kappa shape index (κ1) is 10.3. The Bertz CT molecular complexity index is 438. The fraction of sp³-hybridized carbons (Fsp3) is 0.200. The van der Waals surface area contributed by atoms with Gasteiger partial charge in [-0.25, -0.2) is 0 Å². The fourth-order valence-corrected chi connectivity index (χ4v) is 1.71. The number of rotatable bonds is 1. The van der Waals surface area contributed by atoms with Crippen molar-refractivity contribution in [2.24, 2.45) is 0 Å². The minimum absolute atomic E-state index is 0.443. The lowest BCUT2D eigenvalue weighted by Gasteiger charge is -1.88. The van der Waals surface area contributed by atoms with E-state index in [2.05, 4.69) is 22.5 Å². The second kappa shape index (κ2) is 3.92. The summed E-state index contributed by atoms with van der Waals surface area (Å²) in [6.07, 6.45) is 1.85. The summed E-state index contributed by atoms with van der Waals surface area (Å²) in [5.41, 5.74) is 1.54. The SMILES string of the molecule is C=c1cc(F)o/c1=C(\Br)C=C(C)C. The molecule has 0 aromatic carbocycles. The average Bonchev–Trinajstić information content (AvgIpc) is 2.28. The molecule has 1 rings (SSSR count). The smallest absolute Gasteiger partial charge is 0.278 e. The third-order valence-electron chi connectivity index (χ3n) is 1.41. The molecule has 1 aromatic rings. The lowest BCUT2D eigenvalue weighted by molar-refractivity contribution is 0.343. The summed E-state index contributed by atoms with van der Waals surface area (Å²) < 4.78 is 18.2. The molecule has 0 aliphatic rings. The van der Waals surface area contributed by atoms with Crippen LogP contribution in [0.25, 0.3) is 11.1 Å². The zero-order valence-electron chi connectivity index (χ0n) is 7.53. The molecule has 13 heavy (non-hydrogen) atoms. The quantitative estimate of drug-likeness (QED) is 0.739. The summed E-state index contributed by atoms with van der Waals surface area (Å²) in [5.74, 6) is 0. The van der Waals surface area contributed by atoms with Crippen molar-refractivity contribution in [3.05, 3.63) is 34.4 Å². The number of halogens is 2. The molecule has 3 heteroatoms. The van der Waals surface area contributed by atoms with Gasteiger partial charge < -0.3 is 4.42 Å². The second-order valence-corrected chi connectivity index (χ2v) is 3.83. The van der Waals surface area contributed by atoms with Crippen molar-refractivity contribution in [1.29, 1.82) is 0 Å². The van der Waals surface area contributed by atoms with E-state index in [-0.39, 0.29) is 0 Å². The van der Waals surface area contributed by atoms with Crippen molar-refractivity contribution >= 4 is 27.0 Å². The lowest BCUT2D eigenvalue weighted by Crippen LogP contribution is -2.18. The molecule has 1 aromatic heterocycles. The molecule has 0 atom stereocenters. The monoisotopic (exact) mass is 244 g/mol. The number of furan rings is 1. The fourth-order valence-electron chi connectivity index (χ4n) is 0.916. The van der Waals surface area contributed by atoms with Gasteiger partial charge in [-0.15, -0.1) is 0 Å². The van der Waals surface area contributed by atoms with E-state index in [0.29, 0.717) is 15.1 Å². The van der Waals surface area contributed by atoms with Crippen LogP contribution in [0.3, 0.4) is 0 Å². The molecule has 0 N–H and O–H groups in total. The van der Waals surface area contributed by atoms with Gasteiger partial charge in [0.05, 0.1) is 4.48 Å². The van der Waals surface area contributed by atoms with Crippen LogP contribution in [0, 0.1) is 6.01 Å². The van der Waals surface area contributed by atoms with Gasteiger partial charge in [-0.1, -0.05) is 12.2 Å². The topological polar surface area (TPSA) is 13.1 Å². The van der Waals surface area contributed by atoms with Crippen LogP contribution in [0.4, 0.5) is 4.39 Å². The zero-order valence-corrected chi connectivity index (χ0v) is 9.11. The molecule has 0 radical (unpaired) electrons. The Morgan fingerprint density at radius 1 is 1.62 bits per heavy atom. The molecule has 0 aliphatic carbocycles. The van der Waals surface area contributed by atoms with Gasteiger partial charge in [-0.2, -0.15) is 4.39 Å². The molecule has 0 amide bonds. The van der Waals surface area contributed by atoms with Crippen LogP contribution in [-0.2, 0) is 0 Å². The number of hydrogen-bond acceptors (Lipinski definition) is 1. The van der Waals surface area contributed by atoms with E-state index in [1.54, 1.807) is 0 Å². The van der Waals surface area contributed by atoms with Crippen LogP contribution in [0.1, 0.15) is 13.8 Å². The van der Waals surface area contributed by atoms with E-state index in [1.165, 1.54) is 6.07 Å². The Morgan fingerprint density at radius 2 is 2.23 bits per heavy atom. The Hall–Kier alpha value is -0.830. The van der Waals surface area contributed by atoms with Crippen LogP contribution in [-0.4, -0.2) is 0 Å². The average molecular weight is 245 g/mol. The normalized spacial score (nSPS) is 12.6. The summed E-state index contributed by atoms with van der Waals surface area (Å²) in [6.45, 7) is 7.55. The van der Waals surface area contributed by atoms with Crippen molar-refractivity contribution in [2.45, 2.75) is 13.8 Å². The first-order valence-electron chi connectivity index (χ1n) is 3.79. The van der Waals surface area contributed by atoms with Gasteiger partial charge in [0.1, 0.15) is 0 Å². The molecule has 0 saturated carbocycles. The largest absolute Gasteiger partial charge is 0.430 e. The highest BCUT2D eigenvalue weighted by Gasteiger charge is 1.99. The summed E-state index contributed by atoms with van der Waals surface area (Å²) in [7, 11) is 0. The predicted octanol–water partition coefficient (Wildman–Crippen LogP) is 2.30. The Kier molecular flexibility index (Phi) is 3.09. The molecule has 0 unspecified atom stereocenters. The molecule has 0 saturated heterocycles. The van der Waals surface area contributed by atoms with Gasteiger partial charge in [0.25, 0.3) is 6.01 Å². The Balaban J connectivity index is 3.42. The standard InChI is InChI=1S/C10H10BrFO/c1-6(2)4-8(11)10-7(3)5-9(12)13-10/h4-5H,3H2,1-2H3/b10-8-. The van der Waals surface area contributed by atoms with E-state index >= 15 is 0 Å². The highest BCUT2D eigenvalue weighted by atomic mass is 79.9. The van der Waals surface area contributed by atoms with E-state index < -0.39 is 6.01 Å². The van der Waals surface area contributed by atoms with Crippen molar-refractivity contribution in [1.82, 2.24) is 0 Å². The second-order valence-electron chi connectivity index (χ2n) is 2.97. The van der Waals surface area contributed by atoms with Crippen LogP contribution in [0.15, 0.2) is 22.1 Å². The maximum Gasteiger partial charge on any atom is 0.278 e. The van der Waals surface area contributed by atoms with Gasteiger partial charge in [-0.05, 0) is 35.9 Å². The van der Waals surface area contributed by atoms with Crippen molar-refractivity contribution in [2.75, 3.05) is 0 Å². The van der Waals surface area contributed by atoms with Gasteiger partial charge in [0.2, 0.25) is 0 Å². The zero-order chi connectivity index (χ0) is 10.0. The number of hydrogen-bond donors (Lipinski definition) is 0. The first-order chi connectivity index (χ1) is 6.00. The summed E-state index contributed by atoms with van der Waals surface area (Å²) >= 11 is 3.29. The Labute approximate surface area is 84.4 Å². The molecule has 0 bridgehead atoms. The molecule has 0 aliphatic heterocycles. The minimum atomic E-state index is -0.612. The molecule has 0 spiro atoms. The summed E-state index contributed by atoms with van der Waals surface area (Å²) in [4.78, 5) is 0. The van der Waals surface area contributed by atoms with Gasteiger partial charge in [-0.3, -0.25) is 0 Å². The molecule has 0 fully saturated rings. The Morgan fingerprint density at radius 3 is 2.62 bits per heavy atom. The molecule has 1 nitrogen and oxygen atoms in total. The van der Waals surface area contributed by atoms with E-state index in [4.69, 9.17) is 4.42 Å². The van der Waals surface area contributed by atoms with E-state index in [9.17, 15) is 4.39 Å². The summed E-state index contributed by atoms with van der Waals surface area (Å²) in [6, 6.07) is 0.647. The van der Waals surface area contributed by atoms with Crippen LogP contribution >= 0.6 is 15.9 Å². The van der Waals surface area contributed by atoms with Gasteiger partial charge >= 0.3 is 0 Å². The maximum atomic E-state index is 12.6. The third-order valence-corrected chi connectivity index (χ3v) is 2.00. The first-order valence-corrected chi connectivity index (χ1v) is 4.59. The van der Waals surface area contributed by atoms with Crippen LogP contribution < -0.4 is 10.6 Å².